The number of aromatic nitrogens is 9. The van der Waals surface area contributed by atoms with Gasteiger partial charge in [0.2, 0.25) is 0 Å². The van der Waals surface area contributed by atoms with E-state index in [0.717, 1.165) is 135 Å². The number of rotatable bonds is 24. The van der Waals surface area contributed by atoms with E-state index in [9.17, 15) is 26.3 Å². The van der Waals surface area contributed by atoms with Crippen LogP contribution >= 0.6 is 56.7 Å². The molecule has 9 aromatic heterocycles. The van der Waals surface area contributed by atoms with Crippen molar-refractivity contribution in [1.29, 1.82) is 26.3 Å². The van der Waals surface area contributed by atoms with Crippen LogP contribution in [0.15, 0.2) is 354 Å². The molecule has 0 aliphatic carbocycles. The van der Waals surface area contributed by atoms with Crippen molar-refractivity contribution in [2.75, 3.05) is 38.2 Å². The first-order valence-electron chi connectivity index (χ1n) is 44.4. The summed E-state index contributed by atoms with van der Waals surface area (Å²) in [6.45, 7) is 1.91. The molecule has 14 heterocycles. The molecule has 5 atom stereocenters. The van der Waals surface area contributed by atoms with Gasteiger partial charge in [-0.3, -0.25) is 44.4 Å². The Hall–Kier alpha value is -17.1. The fourth-order valence-corrected chi connectivity index (χ4v) is 19.9. The van der Waals surface area contributed by atoms with Crippen LogP contribution in [0.3, 0.4) is 0 Å². The molecule has 16 aromatic rings. The molecule has 5 aliphatic rings. The van der Waals surface area contributed by atoms with Crippen LogP contribution in [0.4, 0.5) is 25.7 Å². The highest BCUT2D eigenvalue weighted by Crippen LogP contribution is 2.39. The SMILES string of the molecule is COc1ccc(COC2=NC=CC(CC#N)N2c2nc3ccccc3s2)cc1.N#CCC1C=CN=C(OCCCc2ccccn2)N1c1nc2ccccc2s1.N#CCC1C=CN=C(OCc2ccc(-c3cccnc3)cc2)N1c1nc2ccccc2s1.N#CCC1C=CN=C(OCc2ccccn2)N1c1nc2ccccc2s1.N#CCC1C=CN=C(OCc2ccncc2)N1c1nc2ccccc2s1. The van der Waals surface area contributed by atoms with Gasteiger partial charge in [-0.25, -0.2) is 49.9 Å². The Morgan fingerprint density at radius 3 is 0.943 bits per heavy atom. The van der Waals surface area contributed by atoms with Crippen LogP contribution < -0.4 is 29.2 Å². The number of nitrogens with zero attached hydrogens (tertiary/aromatic N) is 24. The molecule has 30 nitrogen and oxygen atoms in total. The number of aryl methyl sites for hydroxylation is 1. The zero-order chi connectivity index (χ0) is 95.8. The molecule has 0 bridgehead atoms. The molecule has 0 N–H and O–H groups in total. The van der Waals surface area contributed by atoms with Crippen LogP contribution in [0.1, 0.15) is 66.6 Å². The predicted molar refractivity (Wildman–Crippen MR) is 552 cm³/mol. The lowest BCUT2D eigenvalue weighted by Gasteiger charge is -2.30. The molecule has 5 aliphatic heterocycles. The number of amidine groups is 5. The van der Waals surface area contributed by atoms with Gasteiger partial charge < -0.3 is 28.4 Å². The lowest BCUT2D eigenvalue weighted by Crippen LogP contribution is -2.42. The van der Waals surface area contributed by atoms with E-state index in [1.165, 1.54) is 0 Å². The van der Waals surface area contributed by atoms with Crippen molar-refractivity contribution in [3.05, 3.63) is 357 Å². The van der Waals surface area contributed by atoms with E-state index >= 15 is 0 Å². The summed E-state index contributed by atoms with van der Waals surface area (Å²) in [4.78, 5) is 72.0. The number of benzene rings is 7. The van der Waals surface area contributed by atoms with Crippen molar-refractivity contribution in [3.63, 3.8) is 0 Å². The number of thiazole rings is 5. The van der Waals surface area contributed by atoms with Crippen LogP contribution in [0.2, 0.25) is 0 Å². The first-order valence-corrected chi connectivity index (χ1v) is 48.5. The number of pyridine rings is 4. The van der Waals surface area contributed by atoms with E-state index in [2.05, 4.69) is 87.4 Å². The molecular weight excluding hydrogens is 1850 g/mol. The second-order valence-electron chi connectivity index (χ2n) is 31.0. The van der Waals surface area contributed by atoms with Gasteiger partial charge in [0.1, 0.15) is 32.2 Å². The number of hydrogen-bond donors (Lipinski definition) is 0. The van der Waals surface area contributed by atoms with Gasteiger partial charge in [-0.15, -0.1) is 0 Å². The first kappa shape index (κ1) is 94.6. The van der Waals surface area contributed by atoms with Crippen LogP contribution in [0.5, 0.6) is 5.75 Å². The third-order valence-corrected chi connectivity index (χ3v) is 26.8. The fraction of sp³-hybridized carbons (Fsp3) is 0.171. The van der Waals surface area contributed by atoms with E-state index < -0.39 is 0 Å². The predicted octanol–water partition coefficient (Wildman–Crippen LogP) is 22.1. The molecule has 5 unspecified atom stereocenters. The number of anilines is 5. The molecule has 21 rings (SSSR count). The Balaban J connectivity index is 0.000000121. The van der Waals surface area contributed by atoms with Gasteiger partial charge in [0.05, 0.1) is 163 Å². The second kappa shape index (κ2) is 47.9. The number of aliphatic imine (C=N–C) groups is 5. The number of nitriles is 5. The summed E-state index contributed by atoms with van der Waals surface area (Å²) in [5.74, 6) is 0.798. The van der Waals surface area contributed by atoms with Crippen LogP contribution in [-0.4, -0.2) is 119 Å². The molecule has 692 valence electrons. The summed E-state index contributed by atoms with van der Waals surface area (Å²) in [7, 11) is 1.64. The van der Waals surface area contributed by atoms with Crippen molar-refractivity contribution < 1.29 is 28.4 Å². The fourth-order valence-electron chi connectivity index (χ4n) is 14.8. The maximum Gasteiger partial charge on any atom is 0.299 e. The van der Waals surface area contributed by atoms with Crippen molar-refractivity contribution in [3.8, 4) is 47.2 Å². The average Bonchev–Trinajstić information content (AvgIpc) is 1.62. The third kappa shape index (κ3) is 24.2. The van der Waals surface area contributed by atoms with E-state index in [0.29, 0.717) is 95.2 Å². The molecule has 0 amide bonds. The highest BCUT2D eigenvalue weighted by Gasteiger charge is 2.35. The number of ether oxygens (including phenoxy) is 6. The first-order chi connectivity index (χ1) is 69.1. The normalized spacial score (nSPS) is 16.0. The Labute approximate surface area is 826 Å². The average molecular weight is 1940 g/mol. The van der Waals surface area contributed by atoms with Crippen LogP contribution in [-0.2, 0) is 56.5 Å². The topological polar surface area (TPSA) is 368 Å². The smallest absolute Gasteiger partial charge is 0.299 e. The van der Waals surface area contributed by atoms with Gasteiger partial charge in [0.25, 0.3) is 30.1 Å². The van der Waals surface area contributed by atoms with Crippen LogP contribution in [0.25, 0.3) is 62.2 Å². The minimum Gasteiger partial charge on any atom is -0.497 e. The van der Waals surface area contributed by atoms with Gasteiger partial charge in [-0.2, -0.15) is 26.3 Å². The maximum atomic E-state index is 9.32. The molecule has 0 fully saturated rings. The highest BCUT2D eigenvalue weighted by atomic mass is 32.1. The molecule has 0 radical (unpaired) electrons. The molecule has 0 saturated carbocycles. The Kier molecular flexibility index (Phi) is 32.4. The minimum absolute atomic E-state index is 0.145. The van der Waals surface area contributed by atoms with E-state index in [1.54, 1.807) is 126 Å². The zero-order valence-corrected chi connectivity index (χ0v) is 79.4. The van der Waals surface area contributed by atoms with Gasteiger partial charge in [-0.1, -0.05) is 172 Å². The van der Waals surface area contributed by atoms with Gasteiger partial charge >= 0.3 is 0 Å². The summed E-state index contributed by atoms with van der Waals surface area (Å²) in [5, 5.41) is 50.0. The van der Waals surface area contributed by atoms with Crippen molar-refractivity contribution in [2.45, 2.75) is 102 Å². The van der Waals surface area contributed by atoms with Crippen LogP contribution in [0, 0.1) is 56.7 Å². The second-order valence-corrected chi connectivity index (χ2v) is 36.0. The Morgan fingerprint density at radius 2 is 0.621 bits per heavy atom. The number of hydrogen-bond acceptors (Lipinski definition) is 35. The molecule has 140 heavy (non-hydrogen) atoms. The molecular formula is C105H86N24O6S5. The summed E-state index contributed by atoms with van der Waals surface area (Å²) < 4.78 is 40.6. The summed E-state index contributed by atoms with van der Waals surface area (Å²) in [5.41, 5.74) is 11.7. The van der Waals surface area contributed by atoms with Crippen molar-refractivity contribution >= 4 is 164 Å². The summed E-state index contributed by atoms with van der Waals surface area (Å²) >= 11 is 7.81. The van der Waals surface area contributed by atoms with Crippen molar-refractivity contribution in [1.82, 2.24) is 44.9 Å². The summed E-state index contributed by atoms with van der Waals surface area (Å²) in [6.07, 6.45) is 31.8. The van der Waals surface area contributed by atoms with Gasteiger partial charge in [-0.05, 0) is 186 Å². The van der Waals surface area contributed by atoms with Crippen molar-refractivity contribution in [2.24, 2.45) is 25.0 Å². The minimum atomic E-state index is -0.180. The number of methoxy groups -OCH3 is 1. The molecule has 0 spiro atoms. The monoisotopic (exact) mass is 1940 g/mol. The summed E-state index contributed by atoms with van der Waals surface area (Å²) in [6, 6.07) is 87.7. The lowest BCUT2D eigenvalue weighted by atomic mass is 10.1. The van der Waals surface area contributed by atoms with E-state index in [1.807, 2.05) is 279 Å². The molecule has 35 heteroatoms. The highest BCUT2D eigenvalue weighted by molar-refractivity contribution is 7.24. The van der Waals surface area contributed by atoms with E-state index in [4.69, 9.17) is 53.3 Å². The Bertz CT molecular complexity index is 7150. The molecule has 7 aromatic carbocycles. The van der Waals surface area contributed by atoms with Gasteiger partial charge in [0.15, 0.2) is 25.7 Å². The largest absolute Gasteiger partial charge is 0.497 e. The lowest BCUT2D eigenvalue weighted by molar-refractivity contribution is 0.276. The quantitative estimate of drug-likeness (QED) is 0.0507. The van der Waals surface area contributed by atoms with Gasteiger partial charge in [0, 0.05) is 73.9 Å². The van der Waals surface area contributed by atoms with E-state index in [-0.39, 0.29) is 30.2 Å². The maximum absolute atomic E-state index is 9.32. The molecule has 0 saturated heterocycles. The number of para-hydroxylation sites is 5. The number of fused-ring (bicyclic) bond motifs is 5. The third-order valence-electron chi connectivity index (χ3n) is 21.7. The Morgan fingerprint density at radius 1 is 0.300 bits per heavy atom. The zero-order valence-electron chi connectivity index (χ0n) is 75.3. The standard InChI is InChI=1S/C25H19N5OS.C21H19N5OS.C21H18N4O2S.2C19H15N5OS/c26-13-11-21-12-15-28-24(30(21)25-29-22-5-1-2-6-23(22)32-25)31-17-18-7-9-19(10-8-18)20-4-3-14-27-16-20;22-12-10-17-11-14-24-20(27-15-5-7-16-6-3-4-13-23-16)26(17)21-25-18-8-1-2-9-19(18)28-21;1-26-17-8-6-15(7-9-17)14-27-20-23-13-11-16(10-12-22)25(20)21-24-18-4-2-3-5-19(18)28-21;20-10-8-15-9-12-22-18(25-13-14-5-3-4-11-21-14)24(15)19-23-16-6-1-2-7-17(16)26-19;20-9-5-15-8-12-22-18(25-13-14-6-10-21-11-7-14)24(15)19-23-16-3-1-2-4-17(16)26-19/h1-10,12,14-16,21H,11,17H2;1-4,6,8-9,11,13-14,17H,5,7,10,15H2;2-9,11,13,16H,10,14H2,1H3;1-7,9,11-12,15H,8,13H2;1-4,6-8,10-12,15H,5,13H2.